The highest BCUT2D eigenvalue weighted by molar-refractivity contribution is 5.79. The molecule has 1 heterocycles. The van der Waals surface area contributed by atoms with Gasteiger partial charge in [0.1, 0.15) is 5.60 Å². The molecule has 0 aliphatic rings. The van der Waals surface area contributed by atoms with Gasteiger partial charge in [-0.2, -0.15) is 0 Å². The van der Waals surface area contributed by atoms with E-state index in [2.05, 4.69) is 39.4 Å². The fourth-order valence-corrected chi connectivity index (χ4v) is 2.72. The van der Waals surface area contributed by atoms with Gasteiger partial charge in [-0.1, -0.05) is 19.9 Å². The Morgan fingerprint density at radius 3 is 2.54 bits per heavy atom. The molecule has 0 radical (unpaired) electrons. The van der Waals surface area contributed by atoms with Crippen LogP contribution >= 0.6 is 0 Å². The summed E-state index contributed by atoms with van der Waals surface area (Å²) in [6.07, 6.45) is 0.415. The number of rotatable bonds is 7. The van der Waals surface area contributed by atoms with Gasteiger partial charge in [-0.25, -0.2) is 4.79 Å². The number of hydrogen-bond acceptors (Lipinski definition) is 4. The minimum Gasteiger partial charge on any atom is -0.444 e. The van der Waals surface area contributed by atoms with E-state index in [-0.39, 0.29) is 12.1 Å². The molecule has 0 spiro atoms. The topological polar surface area (TPSA) is 78.9 Å². The van der Waals surface area contributed by atoms with Crippen molar-refractivity contribution in [1.29, 1.82) is 0 Å². The highest BCUT2D eigenvalue weighted by atomic mass is 16.6. The number of hydrogen-bond donors (Lipinski definition) is 2. The summed E-state index contributed by atoms with van der Waals surface area (Å²) in [7, 11) is 3.76. The lowest BCUT2D eigenvalue weighted by molar-refractivity contribution is 0.0486. The zero-order valence-corrected chi connectivity index (χ0v) is 18.7. The summed E-state index contributed by atoms with van der Waals surface area (Å²) in [6.45, 7) is 13.1. The lowest BCUT2D eigenvalue weighted by Gasteiger charge is -2.28. The first-order chi connectivity index (χ1) is 13.0. The predicted molar refractivity (Wildman–Crippen MR) is 114 cm³/mol. The monoisotopic (exact) mass is 391 g/mol. The number of guanidine groups is 1. The molecule has 1 unspecified atom stereocenters. The van der Waals surface area contributed by atoms with E-state index in [1.165, 1.54) is 0 Å². The van der Waals surface area contributed by atoms with E-state index in [9.17, 15) is 4.79 Å². The van der Waals surface area contributed by atoms with Crippen molar-refractivity contribution in [2.24, 2.45) is 10.9 Å². The molecule has 0 aliphatic carbocycles. The maximum absolute atomic E-state index is 12.1. The highest BCUT2D eigenvalue weighted by Crippen LogP contribution is 2.11. The molecule has 7 heteroatoms. The molecule has 0 fully saturated rings. The number of carbonyl (C=O) groups is 1. The molecule has 0 aliphatic heterocycles. The third kappa shape index (κ3) is 9.06. The fourth-order valence-electron chi connectivity index (χ4n) is 2.72. The Hall–Kier alpha value is -2.31. The lowest BCUT2D eigenvalue weighted by atomic mass is 10.0. The second-order valence-electron chi connectivity index (χ2n) is 8.38. The number of pyridine rings is 1. The number of aromatic nitrogens is 1. The van der Waals surface area contributed by atoms with Crippen molar-refractivity contribution in [3.63, 3.8) is 0 Å². The van der Waals surface area contributed by atoms with Crippen molar-refractivity contribution < 1.29 is 9.53 Å². The highest BCUT2D eigenvalue weighted by Gasteiger charge is 2.22. The van der Waals surface area contributed by atoms with Crippen molar-refractivity contribution in [2.45, 2.75) is 66.2 Å². The van der Waals surface area contributed by atoms with Gasteiger partial charge < -0.3 is 20.3 Å². The summed E-state index contributed by atoms with van der Waals surface area (Å²) in [5.74, 6) is 1.09. The van der Waals surface area contributed by atoms with Gasteiger partial charge in [-0.3, -0.25) is 9.98 Å². The van der Waals surface area contributed by atoms with E-state index < -0.39 is 5.60 Å². The molecule has 1 aromatic rings. The smallest absolute Gasteiger partial charge is 0.407 e. The summed E-state index contributed by atoms with van der Waals surface area (Å²) in [5, 5.41) is 6.33. The number of alkyl carbamates (subject to hydrolysis) is 1. The van der Waals surface area contributed by atoms with Crippen LogP contribution in [-0.4, -0.2) is 54.2 Å². The Balaban J connectivity index is 2.57. The van der Waals surface area contributed by atoms with E-state index in [1.807, 2.05) is 52.9 Å². The minimum atomic E-state index is -0.502. The molecule has 28 heavy (non-hydrogen) atoms. The second kappa shape index (κ2) is 10.9. The number of aryl methyl sites for hydroxylation is 1. The third-order valence-electron chi connectivity index (χ3n) is 4.23. The first-order valence-corrected chi connectivity index (χ1v) is 9.85. The summed E-state index contributed by atoms with van der Waals surface area (Å²) < 4.78 is 5.38. The van der Waals surface area contributed by atoms with Crippen LogP contribution in [0.2, 0.25) is 0 Å². The van der Waals surface area contributed by atoms with E-state index in [0.29, 0.717) is 12.5 Å². The first kappa shape index (κ1) is 23.7. The van der Waals surface area contributed by atoms with Gasteiger partial charge in [0, 0.05) is 32.4 Å². The van der Waals surface area contributed by atoms with Crippen LogP contribution in [0.3, 0.4) is 0 Å². The number of aliphatic imine (C=N–C) groups is 1. The Morgan fingerprint density at radius 2 is 2.00 bits per heavy atom. The predicted octanol–water partition coefficient (Wildman–Crippen LogP) is 3.34. The second-order valence-corrected chi connectivity index (χ2v) is 8.38. The average molecular weight is 392 g/mol. The standard InChI is InChI=1S/C21H37N5O2/c1-15(2)18(25-20(27)28-21(4,5)6)12-13-26(8)19(22-7)23-14-17-11-9-10-16(3)24-17/h9-11,15,18H,12-14H2,1-8H3,(H,22,23)(H,25,27). The molecule has 0 bridgehead atoms. The van der Waals surface area contributed by atoms with Gasteiger partial charge in [0.2, 0.25) is 0 Å². The fraction of sp³-hybridized carbons (Fsp3) is 0.667. The molecular formula is C21H37N5O2. The molecule has 0 saturated heterocycles. The molecule has 1 aromatic heterocycles. The Labute approximate surface area is 170 Å². The van der Waals surface area contributed by atoms with Gasteiger partial charge >= 0.3 is 6.09 Å². The van der Waals surface area contributed by atoms with Crippen LogP contribution < -0.4 is 10.6 Å². The van der Waals surface area contributed by atoms with Gasteiger partial charge in [0.05, 0.1) is 12.2 Å². The summed E-state index contributed by atoms with van der Waals surface area (Å²) in [6, 6.07) is 6.00. The van der Waals surface area contributed by atoms with Crippen molar-refractivity contribution in [2.75, 3.05) is 20.6 Å². The van der Waals surface area contributed by atoms with Gasteiger partial charge in [0.25, 0.3) is 0 Å². The molecule has 1 amide bonds. The summed E-state index contributed by atoms with van der Waals surface area (Å²) in [5.41, 5.74) is 1.47. The van der Waals surface area contributed by atoms with Crippen molar-refractivity contribution in [3.05, 3.63) is 29.6 Å². The zero-order chi connectivity index (χ0) is 21.3. The number of carbonyl (C=O) groups excluding carboxylic acids is 1. The Morgan fingerprint density at radius 1 is 1.32 bits per heavy atom. The Kier molecular flexibility index (Phi) is 9.22. The number of nitrogens with zero attached hydrogens (tertiary/aromatic N) is 3. The lowest BCUT2D eigenvalue weighted by Crippen LogP contribution is -2.45. The molecule has 1 atom stereocenters. The normalized spacial score (nSPS) is 13.2. The average Bonchev–Trinajstić information content (AvgIpc) is 2.57. The van der Waals surface area contributed by atoms with Gasteiger partial charge in [-0.05, 0) is 52.2 Å². The van der Waals surface area contributed by atoms with Crippen LogP contribution in [0.25, 0.3) is 0 Å². The van der Waals surface area contributed by atoms with Crippen LogP contribution in [0.5, 0.6) is 0 Å². The SMILES string of the molecule is CN=C(NCc1cccc(C)n1)N(C)CCC(NC(=O)OC(C)(C)C)C(C)C. The van der Waals surface area contributed by atoms with Crippen LogP contribution in [0, 0.1) is 12.8 Å². The molecule has 0 aromatic carbocycles. The van der Waals surface area contributed by atoms with Crippen LogP contribution in [0.1, 0.15) is 52.4 Å². The van der Waals surface area contributed by atoms with E-state index in [4.69, 9.17) is 4.74 Å². The number of nitrogens with one attached hydrogen (secondary N) is 2. The Bertz CT molecular complexity index is 652. The van der Waals surface area contributed by atoms with Crippen molar-refractivity contribution >= 4 is 12.1 Å². The third-order valence-corrected chi connectivity index (χ3v) is 4.23. The number of ether oxygens (including phenoxy) is 1. The maximum Gasteiger partial charge on any atom is 0.407 e. The molecule has 7 nitrogen and oxygen atoms in total. The summed E-state index contributed by atoms with van der Waals surface area (Å²) >= 11 is 0. The number of amides is 1. The van der Waals surface area contributed by atoms with Crippen LogP contribution in [0.15, 0.2) is 23.2 Å². The molecule has 0 saturated carbocycles. The van der Waals surface area contributed by atoms with E-state index >= 15 is 0 Å². The van der Waals surface area contributed by atoms with E-state index in [1.54, 1.807) is 7.05 Å². The molecule has 2 N–H and O–H groups in total. The first-order valence-electron chi connectivity index (χ1n) is 9.85. The van der Waals surface area contributed by atoms with Crippen molar-refractivity contribution in [1.82, 2.24) is 20.5 Å². The quantitative estimate of drug-likeness (QED) is 0.550. The van der Waals surface area contributed by atoms with E-state index in [0.717, 1.165) is 30.3 Å². The van der Waals surface area contributed by atoms with Crippen molar-refractivity contribution in [3.8, 4) is 0 Å². The molecule has 1 rings (SSSR count). The van der Waals surface area contributed by atoms with Gasteiger partial charge in [0.15, 0.2) is 5.96 Å². The minimum absolute atomic E-state index is 0.0221. The molecule has 158 valence electrons. The van der Waals surface area contributed by atoms with Crippen LogP contribution in [-0.2, 0) is 11.3 Å². The van der Waals surface area contributed by atoms with Crippen LogP contribution in [0.4, 0.5) is 4.79 Å². The van der Waals surface area contributed by atoms with Gasteiger partial charge in [-0.15, -0.1) is 0 Å². The maximum atomic E-state index is 12.1. The zero-order valence-electron chi connectivity index (χ0n) is 18.7. The molecular weight excluding hydrogens is 354 g/mol. The summed E-state index contributed by atoms with van der Waals surface area (Å²) in [4.78, 5) is 23.0. The largest absolute Gasteiger partial charge is 0.444 e.